The van der Waals surface area contributed by atoms with Gasteiger partial charge in [-0.25, -0.2) is 4.79 Å². The number of carboxylic acids is 1. The van der Waals surface area contributed by atoms with Crippen molar-refractivity contribution in [2.75, 3.05) is 6.61 Å². The van der Waals surface area contributed by atoms with Crippen LogP contribution in [-0.2, 0) is 15.3 Å². The molecule has 1 aliphatic rings. The lowest BCUT2D eigenvalue weighted by atomic mass is 10.2. The molecule has 5 nitrogen and oxygen atoms in total. The van der Waals surface area contributed by atoms with Crippen LogP contribution in [-0.4, -0.2) is 27.9 Å². The molecule has 8 heteroatoms. The molecular weight excluding hydrogens is 402 g/mol. The van der Waals surface area contributed by atoms with E-state index in [-0.39, 0.29) is 12.5 Å². The zero-order valence-electron chi connectivity index (χ0n) is 14.0. The first-order valence-electron chi connectivity index (χ1n) is 7.92. The standard InChI is InChI=1S/C19H15NO4S3/c21-17(22)10-24-14-7-3-1-6-13(14)11-26-15-8-4-2-5-12(15)9-16-18(23)20-19(25)27-16/h1-9H,10-11H2,(H,21,22)(H,20,23,25). The molecule has 0 unspecified atom stereocenters. The molecular formula is C19H15NO4S3. The van der Waals surface area contributed by atoms with Crippen LogP contribution in [0.2, 0.25) is 0 Å². The number of nitrogens with one attached hydrogen (secondary N) is 1. The van der Waals surface area contributed by atoms with E-state index in [2.05, 4.69) is 5.32 Å². The first-order valence-corrected chi connectivity index (χ1v) is 10.1. The lowest BCUT2D eigenvalue weighted by molar-refractivity contribution is -0.139. The summed E-state index contributed by atoms with van der Waals surface area (Å²) in [6.45, 7) is -0.378. The van der Waals surface area contributed by atoms with Gasteiger partial charge in [0.15, 0.2) is 6.61 Å². The van der Waals surface area contributed by atoms with Crippen LogP contribution in [0.1, 0.15) is 11.1 Å². The molecule has 2 N–H and O–H groups in total. The van der Waals surface area contributed by atoms with Gasteiger partial charge in [-0.1, -0.05) is 60.4 Å². The molecule has 1 heterocycles. The van der Waals surface area contributed by atoms with E-state index in [9.17, 15) is 9.59 Å². The van der Waals surface area contributed by atoms with Gasteiger partial charge in [-0.15, -0.1) is 11.8 Å². The SMILES string of the molecule is O=C(O)COc1ccccc1CSc1ccccc1C=C1SC(=S)NC1=O. The van der Waals surface area contributed by atoms with Crippen LogP contribution in [0.25, 0.3) is 6.08 Å². The molecule has 2 aromatic carbocycles. The normalized spacial score (nSPS) is 15.0. The van der Waals surface area contributed by atoms with E-state index < -0.39 is 5.97 Å². The lowest BCUT2D eigenvalue weighted by Gasteiger charge is -2.11. The Kier molecular flexibility index (Phi) is 6.54. The van der Waals surface area contributed by atoms with Crippen molar-refractivity contribution in [2.24, 2.45) is 0 Å². The predicted octanol–water partition coefficient (Wildman–Crippen LogP) is 3.93. The number of benzene rings is 2. The van der Waals surface area contributed by atoms with E-state index in [1.54, 1.807) is 17.8 Å². The molecule has 0 aliphatic carbocycles. The van der Waals surface area contributed by atoms with Crippen LogP contribution in [0.3, 0.4) is 0 Å². The number of carbonyl (C=O) groups excluding carboxylic acids is 1. The fraction of sp³-hybridized carbons (Fsp3) is 0.105. The van der Waals surface area contributed by atoms with E-state index >= 15 is 0 Å². The minimum atomic E-state index is -1.01. The van der Waals surface area contributed by atoms with Crippen LogP contribution in [0.15, 0.2) is 58.3 Å². The molecule has 3 rings (SSSR count). The molecule has 27 heavy (non-hydrogen) atoms. The summed E-state index contributed by atoms with van der Waals surface area (Å²) < 4.78 is 5.81. The Bertz CT molecular complexity index is 927. The summed E-state index contributed by atoms with van der Waals surface area (Å²) >= 11 is 7.86. The summed E-state index contributed by atoms with van der Waals surface area (Å²) in [6, 6.07) is 15.1. The molecule has 0 spiro atoms. The van der Waals surface area contributed by atoms with E-state index in [1.165, 1.54) is 11.8 Å². The number of aliphatic carboxylic acids is 1. The Morgan fingerprint density at radius 3 is 2.70 bits per heavy atom. The minimum Gasteiger partial charge on any atom is -0.482 e. The van der Waals surface area contributed by atoms with Crippen molar-refractivity contribution in [3.8, 4) is 5.75 Å². The van der Waals surface area contributed by atoms with Crippen molar-refractivity contribution < 1.29 is 19.4 Å². The molecule has 0 bridgehead atoms. The van der Waals surface area contributed by atoms with Crippen molar-refractivity contribution in [1.82, 2.24) is 5.32 Å². The Hall–Kier alpha value is -2.29. The molecule has 0 aromatic heterocycles. The molecule has 0 atom stereocenters. The van der Waals surface area contributed by atoms with Crippen molar-refractivity contribution in [3.05, 3.63) is 64.6 Å². The summed E-state index contributed by atoms with van der Waals surface area (Å²) in [7, 11) is 0. The van der Waals surface area contributed by atoms with Crippen molar-refractivity contribution in [3.63, 3.8) is 0 Å². The first-order chi connectivity index (χ1) is 13.0. The highest BCUT2D eigenvalue weighted by Gasteiger charge is 2.22. The highest BCUT2D eigenvalue weighted by atomic mass is 32.2. The van der Waals surface area contributed by atoms with Gasteiger partial charge in [-0.2, -0.15) is 0 Å². The largest absolute Gasteiger partial charge is 0.482 e. The van der Waals surface area contributed by atoms with Gasteiger partial charge in [-0.05, 0) is 23.8 Å². The van der Waals surface area contributed by atoms with Gasteiger partial charge in [0.25, 0.3) is 5.91 Å². The van der Waals surface area contributed by atoms with Crippen molar-refractivity contribution in [1.29, 1.82) is 0 Å². The monoisotopic (exact) mass is 417 g/mol. The number of hydrogen-bond donors (Lipinski definition) is 2. The zero-order valence-corrected chi connectivity index (χ0v) is 16.5. The fourth-order valence-corrected chi connectivity index (χ4v) is 4.41. The van der Waals surface area contributed by atoms with Gasteiger partial charge >= 0.3 is 5.97 Å². The number of para-hydroxylation sites is 1. The maximum atomic E-state index is 11.9. The lowest BCUT2D eigenvalue weighted by Crippen LogP contribution is -2.17. The van der Waals surface area contributed by atoms with Gasteiger partial charge in [0, 0.05) is 16.2 Å². The molecule has 2 aromatic rings. The average molecular weight is 418 g/mol. The Labute approximate surface area is 170 Å². The number of carboxylic acid groups (broad SMARTS) is 1. The second-order valence-electron chi connectivity index (χ2n) is 5.47. The zero-order chi connectivity index (χ0) is 19.2. The third-order valence-corrected chi connectivity index (χ3v) is 5.86. The predicted molar refractivity (Wildman–Crippen MR) is 112 cm³/mol. The van der Waals surface area contributed by atoms with Crippen LogP contribution in [0.5, 0.6) is 5.75 Å². The Morgan fingerprint density at radius 1 is 1.22 bits per heavy atom. The number of hydrogen-bond acceptors (Lipinski definition) is 6. The van der Waals surface area contributed by atoms with Crippen molar-refractivity contribution in [2.45, 2.75) is 10.6 Å². The minimum absolute atomic E-state index is 0.183. The summed E-state index contributed by atoms with van der Waals surface area (Å²) in [6.07, 6.45) is 1.83. The van der Waals surface area contributed by atoms with Gasteiger partial charge in [0.1, 0.15) is 10.1 Å². The quantitative estimate of drug-likeness (QED) is 0.402. The summed E-state index contributed by atoms with van der Waals surface area (Å²) in [5, 5.41) is 11.4. The van der Waals surface area contributed by atoms with Gasteiger partial charge in [-0.3, -0.25) is 4.79 Å². The number of ether oxygens (including phenoxy) is 1. The summed E-state index contributed by atoms with van der Waals surface area (Å²) in [5.41, 5.74) is 1.83. The average Bonchev–Trinajstić information content (AvgIpc) is 2.97. The number of thiocarbonyl (C=S) groups is 1. The van der Waals surface area contributed by atoms with Crippen LogP contribution < -0.4 is 10.1 Å². The second-order valence-corrected chi connectivity index (χ2v) is 8.20. The number of thioether (sulfide) groups is 2. The topological polar surface area (TPSA) is 75.6 Å². The molecule has 1 amide bonds. The molecule has 1 fully saturated rings. The van der Waals surface area contributed by atoms with Gasteiger partial charge in [0.2, 0.25) is 0 Å². The first kappa shape index (κ1) is 19.5. The maximum absolute atomic E-state index is 11.9. The van der Waals surface area contributed by atoms with Gasteiger partial charge < -0.3 is 15.2 Å². The summed E-state index contributed by atoms with van der Waals surface area (Å²) in [5.74, 6) is -0.0375. The Balaban J connectivity index is 1.76. The molecule has 0 radical (unpaired) electrons. The van der Waals surface area contributed by atoms with Crippen LogP contribution in [0, 0.1) is 0 Å². The third kappa shape index (κ3) is 5.35. The van der Waals surface area contributed by atoms with E-state index in [1.807, 2.05) is 48.5 Å². The van der Waals surface area contributed by atoms with Crippen LogP contribution >= 0.6 is 35.7 Å². The van der Waals surface area contributed by atoms with E-state index in [0.717, 1.165) is 16.0 Å². The number of carbonyl (C=O) groups is 2. The highest BCUT2D eigenvalue weighted by molar-refractivity contribution is 8.26. The third-order valence-electron chi connectivity index (χ3n) is 3.55. The van der Waals surface area contributed by atoms with E-state index in [0.29, 0.717) is 20.7 Å². The second kappa shape index (κ2) is 9.07. The molecule has 1 aliphatic heterocycles. The molecule has 1 saturated heterocycles. The highest BCUT2D eigenvalue weighted by Crippen LogP contribution is 2.33. The molecule has 138 valence electrons. The van der Waals surface area contributed by atoms with Crippen molar-refractivity contribution >= 4 is 58.0 Å². The smallest absolute Gasteiger partial charge is 0.341 e. The number of rotatable bonds is 7. The van der Waals surface area contributed by atoms with Crippen LogP contribution in [0.4, 0.5) is 0 Å². The number of amides is 1. The van der Waals surface area contributed by atoms with E-state index in [4.69, 9.17) is 22.1 Å². The van der Waals surface area contributed by atoms with Gasteiger partial charge in [0.05, 0.1) is 4.91 Å². The maximum Gasteiger partial charge on any atom is 0.341 e. The summed E-state index contributed by atoms with van der Waals surface area (Å²) in [4.78, 5) is 24.2. The molecule has 0 saturated carbocycles. The fourth-order valence-electron chi connectivity index (χ4n) is 2.35. The Morgan fingerprint density at radius 2 is 1.96 bits per heavy atom.